The summed E-state index contributed by atoms with van der Waals surface area (Å²) in [7, 11) is 2.54. The van der Waals surface area contributed by atoms with Gasteiger partial charge in [-0.3, -0.25) is 14.4 Å². The summed E-state index contributed by atoms with van der Waals surface area (Å²) in [5, 5.41) is 1.01. The number of hydrogen-bond acceptors (Lipinski definition) is 5. The third kappa shape index (κ3) is 3.93. The Morgan fingerprint density at radius 2 is 1.49 bits per heavy atom. The highest BCUT2D eigenvalue weighted by atomic mass is 16.5. The van der Waals surface area contributed by atoms with Gasteiger partial charge in [-0.2, -0.15) is 0 Å². The van der Waals surface area contributed by atoms with Gasteiger partial charge in [0, 0.05) is 40.4 Å². The third-order valence-electron chi connectivity index (χ3n) is 7.74. The van der Waals surface area contributed by atoms with Crippen molar-refractivity contribution in [1.29, 1.82) is 0 Å². The van der Waals surface area contributed by atoms with E-state index in [0.29, 0.717) is 11.3 Å². The second-order valence-electron chi connectivity index (χ2n) is 9.61. The van der Waals surface area contributed by atoms with E-state index in [2.05, 4.69) is 4.98 Å². The number of methoxy groups -OCH3 is 2. The molecule has 2 unspecified atom stereocenters. The molecule has 1 aromatic heterocycles. The summed E-state index contributed by atoms with van der Waals surface area (Å²) in [6, 6.07) is 24.8. The SMILES string of the molecule is COC(=O)C1(C(=O)OC)CC(c2ccccc2C)c2c([nH]c3ccccc23)C1CC(=O)c1ccccc1. The number of nitrogens with one attached hydrogen (secondary N) is 1. The van der Waals surface area contributed by atoms with Gasteiger partial charge in [0.2, 0.25) is 0 Å². The molecule has 2 atom stereocenters. The Hall–Kier alpha value is -4.19. The summed E-state index contributed by atoms with van der Waals surface area (Å²) in [6.07, 6.45) is 0.0628. The maximum absolute atomic E-state index is 13.7. The van der Waals surface area contributed by atoms with Gasteiger partial charge in [0.15, 0.2) is 11.2 Å². The van der Waals surface area contributed by atoms with Crippen molar-refractivity contribution in [2.24, 2.45) is 5.41 Å². The van der Waals surface area contributed by atoms with Crippen LogP contribution in [-0.2, 0) is 19.1 Å². The van der Waals surface area contributed by atoms with Gasteiger partial charge in [-0.05, 0) is 36.1 Å². The Balaban J connectivity index is 1.80. The average molecular weight is 496 g/mol. The van der Waals surface area contributed by atoms with Gasteiger partial charge in [-0.1, -0.05) is 72.8 Å². The largest absolute Gasteiger partial charge is 0.468 e. The molecular formula is C31H29NO5. The molecule has 5 rings (SSSR count). The molecule has 0 saturated heterocycles. The highest BCUT2D eigenvalue weighted by molar-refractivity contribution is 6.05. The number of carbonyl (C=O) groups is 3. The summed E-state index contributed by atoms with van der Waals surface area (Å²) in [5.41, 5.74) is 3.44. The van der Waals surface area contributed by atoms with Gasteiger partial charge >= 0.3 is 11.9 Å². The van der Waals surface area contributed by atoms with Gasteiger partial charge in [0.25, 0.3) is 0 Å². The van der Waals surface area contributed by atoms with Crippen LogP contribution in [0.5, 0.6) is 0 Å². The van der Waals surface area contributed by atoms with Crippen LogP contribution in [0.15, 0.2) is 78.9 Å². The van der Waals surface area contributed by atoms with E-state index in [1.54, 1.807) is 24.3 Å². The minimum Gasteiger partial charge on any atom is -0.468 e. The Labute approximate surface area is 215 Å². The van der Waals surface area contributed by atoms with Crippen LogP contribution in [-0.4, -0.2) is 36.9 Å². The predicted octanol–water partition coefficient (Wildman–Crippen LogP) is 5.70. The van der Waals surface area contributed by atoms with Crippen LogP contribution in [0.3, 0.4) is 0 Å². The normalized spacial score (nSPS) is 18.1. The number of rotatable bonds is 6. The van der Waals surface area contributed by atoms with Crippen LogP contribution in [0.4, 0.5) is 0 Å². The van der Waals surface area contributed by atoms with E-state index in [1.807, 2.05) is 61.5 Å². The number of aryl methyl sites for hydroxylation is 1. The molecule has 0 aliphatic heterocycles. The molecule has 0 bridgehead atoms. The van der Waals surface area contributed by atoms with E-state index in [-0.39, 0.29) is 24.5 Å². The second-order valence-corrected chi connectivity index (χ2v) is 9.61. The van der Waals surface area contributed by atoms with E-state index in [0.717, 1.165) is 27.6 Å². The highest BCUT2D eigenvalue weighted by Crippen LogP contribution is 2.57. The standard InChI is InChI=1S/C31H29NO5/c1-19-11-7-8-14-21(19)23-18-31(29(34)36-2,30(35)37-3)24(17-26(33)20-12-5-4-6-13-20)28-27(23)22-15-9-10-16-25(22)32-28/h4-16,23-24,32H,17-18H2,1-3H3. The van der Waals surface area contributed by atoms with Crippen molar-refractivity contribution in [3.05, 3.63) is 107 Å². The van der Waals surface area contributed by atoms with E-state index in [1.165, 1.54) is 14.2 Å². The molecule has 3 aromatic carbocycles. The summed E-state index contributed by atoms with van der Waals surface area (Å²) in [4.78, 5) is 44.3. The van der Waals surface area contributed by atoms with Gasteiger partial charge in [0.05, 0.1) is 14.2 Å². The number of ether oxygens (including phenoxy) is 2. The Kier molecular flexibility index (Phi) is 6.42. The predicted molar refractivity (Wildman–Crippen MR) is 141 cm³/mol. The minimum atomic E-state index is -1.71. The number of aromatic nitrogens is 1. The fourth-order valence-corrected chi connectivity index (χ4v) is 5.99. The van der Waals surface area contributed by atoms with E-state index >= 15 is 0 Å². The van der Waals surface area contributed by atoms with Crippen molar-refractivity contribution in [3.8, 4) is 0 Å². The molecule has 1 aliphatic rings. The summed E-state index contributed by atoms with van der Waals surface area (Å²) < 4.78 is 10.5. The molecule has 1 heterocycles. The van der Waals surface area contributed by atoms with E-state index in [4.69, 9.17) is 9.47 Å². The summed E-state index contributed by atoms with van der Waals surface area (Å²) in [5.74, 6) is -2.67. The highest BCUT2D eigenvalue weighted by Gasteiger charge is 2.60. The fourth-order valence-electron chi connectivity index (χ4n) is 5.99. The van der Waals surface area contributed by atoms with Crippen LogP contribution in [0.25, 0.3) is 10.9 Å². The number of hydrogen-bond donors (Lipinski definition) is 1. The zero-order valence-corrected chi connectivity index (χ0v) is 21.1. The lowest BCUT2D eigenvalue weighted by atomic mass is 9.59. The average Bonchev–Trinajstić information content (AvgIpc) is 3.33. The molecule has 1 N–H and O–H groups in total. The number of fused-ring (bicyclic) bond motifs is 3. The number of carbonyl (C=O) groups excluding carboxylic acids is 3. The molecule has 0 saturated carbocycles. The smallest absolute Gasteiger partial charge is 0.323 e. The minimum absolute atomic E-state index is 0.0610. The summed E-state index contributed by atoms with van der Waals surface area (Å²) >= 11 is 0. The first kappa shape index (κ1) is 24.5. The zero-order chi connectivity index (χ0) is 26.2. The molecule has 37 heavy (non-hydrogen) atoms. The molecule has 6 nitrogen and oxygen atoms in total. The molecule has 4 aromatic rings. The zero-order valence-electron chi connectivity index (χ0n) is 21.1. The van der Waals surface area contributed by atoms with Crippen molar-refractivity contribution < 1.29 is 23.9 Å². The Bertz CT molecular complexity index is 1470. The molecule has 0 amide bonds. The lowest BCUT2D eigenvalue weighted by Gasteiger charge is -2.42. The number of H-pyrrole nitrogens is 1. The molecule has 0 spiro atoms. The lowest BCUT2D eigenvalue weighted by Crippen LogP contribution is -2.50. The van der Waals surface area contributed by atoms with Crippen molar-refractivity contribution in [1.82, 2.24) is 4.98 Å². The van der Waals surface area contributed by atoms with Crippen molar-refractivity contribution in [2.45, 2.75) is 31.6 Å². The number of esters is 2. The van der Waals surface area contributed by atoms with Gasteiger partial charge < -0.3 is 14.5 Å². The van der Waals surface area contributed by atoms with Crippen LogP contribution in [0, 0.1) is 12.3 Å². The van der Waals surface area contributed by atoms with Crippen LogP contribution in [0.2, 0.25) is 0 Å². The molecular weight excluding hydrogens is 466 g/mol. The second kappa shape index (κ2) is 9.69. The number of ketones is 1. The topological polar surface area (TPSA) is 85.5 Å². The lowest BCUT2D eigenvalue weighted by molar-refractivity contribution is -0.172. The van der Waals surface area contributed by atoms with E-state index < -0.39 is 23.3 Å². The third-order valence-corrected chi connectivity index (χ3v) is 7.74. The van der Waals surface area contributed by atoms with Crippen LogP contribution < -0.4 is 0 Å². The van der Waals surface area contributed by atoms with Gasteiger partial charge in [-0.15, -0.1) is 0 Å². The Morgan fingerprint density at radius 1 is 0.865 bits per heavy atom. The molecule has 0 fully saturated rings. The van der Waals surface area contributed by atoms with E-state index in [9.17, 15) is 14.4 Å². The monoisotopic (exact) mass is 495 g/mol. The van der Waals surface area contributed by atoms with Crippen molar-refractivity contribution >= 4 is 28.6 Å². The Morgan fingerprint density at radius 3 is 2.16 bits per heavy atom. The van der Waals surface area contributed by atoms with Crippen LogP contribution >= 0.6 is 0 Å². The van der Waals surface area contributed by atoms with Crippen molar-refractivity contribution in [3.63, 3.8) is 0 Å². The number of aromatic amines is 1. The number of para-hydroxylation sites is 1. The van der Waals surface area contributed by atoms with Crippen LogP contribution in [0.1, 0.15) is 57.4 Å². The number of Topliss-reactive ketones (excluding diaryl/α,β-unsaturated/α-hetero) is 1. The molecule has 1 aliphatic carbocycles. The first-order valence-electron chi connectivity index (χ1n) is 12.3. The molecule has 0 radical (unpaired) electrons. The maximum Gasteiger partial charge on any atom is 0.323 e. The fraction of sp³-hybridized carbons (Fsp3) is 0.258. The first-order chi connectivity index (χ1) is 17.9. The molecule has 188 valence electrons. The number of benzene rings is 3. The van der Waals surface area contributed by atoms with Gasteiger partial charge in [0.1, 0.15) is 0 Å². The maximum atomic E-state index is 13.7. The molecule has 6 heteroatoms. The van der Waals surface area contributed by atoms with Gasteiger partial charge in [-0.25, -0.2) is 0 Å². The van der Waals surface area contributed by atoms with Crippen molar-refractivity contribution in [2.75, 3.05) is 14.2 Å². The first-order valence-corrected chi connectivity index (χ1v) is 12.3. The summed E-state index contributed by atoms with van der Waals surface area (Å²) in [6.45, 7) is 2.02. The quantitative estimate of drug-likeness (QED) is 0.211.